The van der Waals surface area contributed by atoms with E-state index in [0.29, 0.717) is 0 Å². The fourth-order valence-electron chi connectivity index (χ4n) is 12.6. The number of nitriles is 1. The number of hydrogen-bond donors (Lipinski definition) is 0. The van der Waals surface area contributed by atoms with Gasteiger partial charge in [-0.3, -0.25) is 0 Å². The molecule has 1 nitrogen and oxygen atoms in total. The average molecular weight is 1250 g/mol. The third kappa shape index (κ3) is 9.00. The van der Waals surface area contributed by atoms with Gasteiger partial charge in [-0.15, -0.1) is 0 Å². The fourth-order valence-corrected chi connectivity index (χ4v) is 175. The molecule has 0 unspecified atom stereocenters. The van der Waals surface area contributed by atoms with Crippen molar-refractivity contribution < 1.29 is 31.9 Å². The second kappa shape index (κ2) is 25.3. The Labute approximate surface area is 487 Å². The Morgan fingerprint density at radius 1 is 0.188 bits per heavy atom. The van der Waals surface area contributed by atoms with Crippen molar-refractivity contribution in [3.05, 3.63) is 364 Å². The van der Waals surface area contributed by atoms with Crippen LogP contribution in [0.3, 0.4) is 0 Å². The zero-order chi connectivity index (χ0) is 54.6. The monoisotopic (exact) mass is 1250 g/mol. The van der Waals surface area contributed by atoms with Crippen molar-refractivity contribution in [3.63, 3.8) is 0 Å². The summed E-state index contributed by atoms with van der Waals surface area (Å²) in [5.74, 6) is 0. The molecule has 0 N–H and O–H groups in total. The molecule has 393 valence electrons. The first-order valence-corrected chi connectivity index (χ1v) is 45.2. The van der Waals surface area contributed by atoms with Gasteiger partial charge in [-0.05, 0) is 0 Å². The third-order valence-electron chi connectivity index (χ3n) is 15.3. The van der Waals surface area contributed by atoms with Gasteiger partial charge in [0.25, 0.3) is 0 Å². The summed E-state index contributed by atoms with van der Waals surface area (Å²) in [4.78, 5) is 0. The second-order valence-electron chi connectivity index (χ2n) is 19.5. The van der Waals surface area contributed by atoms with E-state index in [0.717, 1.165) is 18.3 Å². The molecule has 0 bridgehead atoms. The molecule has 0 amide bonds. The van der Waals surface area contributed by atoms with Crippen molar-refractivity contribution in [2.45, 2.75) is 0 Å². The Morgan fingerprint density at radius 3 is 0.338 bits per heavy atom. The third-order valence-corrected chi connectivity index (χ3v) is 119. The van der Waals surface area contributed by atoms with Crippen LogP contribution < -0.4 is 63.7 Å². The molecule has 12 rings (SSSR count). The number of benzene rings is 12. The van der Waals surface area contributed by atoms with E-state index in [-0.39, 0.29) is 0 Å². The number of hydrogen-bond acceptors (Lipinski definition) is 1. The zero-order valence-corrected chi connectivity index (χ0v) is 53.1. The molecular formula is C73H64NP4PdZn. The Bertz CT molecular complexity index is 2980. The molecule has 80 heavy (non-hydrogen) atoms. The SMILES string of the molecule is N#[C][Zn].c1ccc([PH](c2ccccc2)(c2ccccc2)[Pd]([PH](c2ccccc2)(c2ccccc2)c2ccccc2)([PH](c2ccccc2)(c2ccccc2)c2ccccc2)[PH](c2ccccc2)(c2ccccc2)c2ccccc2)cc1. The molecule has 0 aliphatic heterocycles. The summed E-state index contributed by atoms with van der Waals surface area (Å²) in [5.41, 5.74) is -15.7. The Hall–Kier alpha value is -6.86. The topological polar surface area (TPSA) is 23.8 Å². The summed E-state index contributed by atoms with van der Waals surface area (Å²) in [6.45, 7) is 0. The van der Waals surface area contributed by atoms with E-state index in [1.165, 1.54) is 63.7 Å². The number of nitrogens with zero attached hydrogens (tertiary/aromatic N) is 1. The molecule has 12 aromatic rings. The molecule has 0 saturated heterocycles. The van der Waals surface area contributed by atoms with Crippen molar-refractivity contribution in [2.24, 2.45) is 0 Å². The summed E-state index contributed by atoms with van der Waals surface area (Å²) in [6.07, 6.45) is 0. The van der Waals surface area contributed by atoms with E-state index in [1.807, 2.05) is 4.66 Å². The van der Waals surface area contributed by atoms with Gasteiger partial charge in [-0.1, -0.05) is 0 Å². The van der Waals surface area contributed by atoms with E-state index in [4.69, 9.17) is 5.26 Å². The average Bonchev–Trinajstić information content (AvgIpc) is 2.45. The minimum atomic E-state index is -4.52. The van der Waals surface area contributed by atoms with Gasteiger partial charge in [-0.2, -0.15) is 0 Å². The Morgan fingerprint density at radius 2 is 0.263 bits per heavy atom. The van der Waals surface area contributed by atoms with E-state index in [1.54, 1.807) is 0 Å². The maximum absolute atomic E-state index is 7.38. The summed E-state index contributed by atoms with van der Waals surface area (Å²) < 4.78 is 1.88. The van der Waals surface area contributed by atoms with Crippen LogP contribution in [-0.4, -0.2) is 0 Å². The van der Waals surface area contributed by atoms with Crippen LogP contribution in [0.5, 0.6) is 0 Å². The quantitative estimate of drug-likeness (QED) is 0.0699. The van der Waals surface area contributed by atoms with E-state index in [2.05, 4.69) is 364 Å². The normalized spacial score (nSPS) is 13.6. The second-order valence-corrected chi connectivity index (χ2v) is 70.7. The molecule has 0 saturated carbocycles. The summed E-state index contributed by atoms with van der Waals surface area (Å²) in [6, 6.07) is 146. The van der Waals surface area contributed by atoms with Crippen molar-refractivity contribution in [3.8, 4) is 4.66 Å². The molecule has 0 aliphatic carbocycles. The van der Waals surface area contributed by atoms with Crippen LogP contribution in [0.1, 0.15) is 0 Å². The zero-order valence-electron chi connectivity index (χ0n) is 44.6. The van der Waals surface area contributed by atoms with E-state index >= 15 is 0 Å². The molecule has 7 heteroatoms. The predicted octanol–water partition coefficient (Wildman–Crippen LogP) is 12.7. The van der Waals surface area contributed by atoms with Crippen molar-refractivity contribution in [2.75, 3.05) is 0 Å². The van der Waals surface area contributed by atoms with Crippen LogP contribution in [0.4, 0.5) is 0 Å². The molecule has 0 heterocycles. The summed E-state index contributed by atoms with van der Waals surface area (Å²) in [7, 11) is 0. The van der Waals surface area contributed by atoms with Crippen molar-refractivity contribution in [1.82, 2.24) is 0 Å². The first-order chi connectivity index (χ1) is 39.7. The van der Waals surface area contributed by atoms with Gasteiger partial charge in [0, 0.05) is 0 Å². The fraction of sp³-hybridized carbons (Fsp3) is 0. The first kappa shape index (κ1) is 55.1. The van der Waals surface area contributed by atoms with Gasteiger partial charge in [0.05, 0.1) is 0 Å². The van der Waals surface area contributed by atoms with Crippen LogP contribution in [-0.2, 0) is 31.9 Å². The summed E-state index contributed by atoms with van der Waals surface area (Å²) in [5, 5.41) is 24.8. The van der Waals surface area contributed by atoms with E-state index < -0.39 is 35.4 Å². The van der Waals surface area contributed by atoms with Crippen LogP contribution in [0.2, 0.25) is 0 Å². The molecule has 0 aliphatic rings. The van der Waals surface area contributed by atoms with Gasteiger partial charge in [0.1, 0.15) is 0 Å². The van der Waals surface area contributed by atoms with Gasteiger partial charge < -0.3 is 0 Å². The molecule has 0 fully saturated rings. The minimum absolute atomic E-state index is 0.750. The molecular weight excluding hydrogens is 1190 g/mol. The molecule has 0 spiro atoms. The summed E-state index contributed by atoms with van der Waals surface area (Å²) >= 11 is -3.77. The van der Waals surface area contributed by atoms with Crippen LogP contribution in [0, 0.1) is 9.93 Å². The Kier molecular flexibility index (Phi) is 17.4. The van der Waals surface area contributed by atoms with Gasteiger partial charge >= 0.3 is 491 Å². The predicted molar refractivity (Wildman–Crippen MR) is 352 cm³/mol. The molecule has 0 radical (unpaired) electrons. The van der Waals surface area contributed by atoms with Gasteiger partial charge in [0.2, 0.25) is 0 Å². The first-order valence-electron chi connectivity index (χ1n) is 27.1. The van der Waals surface area contributed by atoms with Gasteiger partial charge in [-0.25, -0.2) is 0 Å². The number of rotatable bonds is 16. The van der Waals surface area contributed by atoms with E-state index in [9.17, 15) is 0 Å². The molecule has 0 aromatic heterocycles. The molecule has 0 atom stereocenters. The standard InChI is InChI=1S/4C18H15P.CN.Pd.Zn/c4*1-4-10-16(11-5-1)19(17-12-6-2-7-13-17)18-14-8-3-9-15-18;1-2;;/h4*1-15H;;;/q;;;;;-4;/p+4. The maximum atomic E-state index is 7.38. The van der Waals surface area contributed by atoms with Crippen LogP contribution in [0.25, 0.3) is 0 Å². The van der Waals surface area contributed by atoms with Crippen LogP contribution in [0.15, 0.2) is 364 Å². The van der Waals surface area contributed by atoms with Gasteiger partial charge in [0.15, 0.2) is 0 Å². The van der Waals surface area contributed by atoms with Crippen molar-refractivity contribution in [1.29, 1.82) is 5.26 Å². The van der Waals surface area contributed by atoms with Crippen molar-refractivity contribution >= 4 is 85.5 Å². The Balaban J connectivity index is 0.00000220. The molecule has 12 aromatic carbocycles. The van der Waals surface area contributed by atoms with Crippen LogP contribution >= 0.6 is 21.8 Å².